The molecule has 0 fully saturated rings. The van der Waals surface area contributed by atoms with Gasteiger partial charge in [0.15, 0.2) is 0 Å². The maximum atomic E-state index is 6.33. The Bertz CT molecular complexity index is 504. The van der Waals surface area contributed by atoms with Gasteiger partial charge in [-0.2, -0.15) is 0 Å². The maximum absolute atomic E-state index is 6.33. The van der Waals surface area contributed by atoms with Gasteiger partial charge in [-0.3, -0.25) is 0 Å². The number of nitrogens with two attached hydrogens (primary N) is 2. The van der Waals surface area contributed by atoms with Gasteiger partial charge in [0.2, 0.25) is 0 Å². The fourth-order valence-corrected chi connectivity index (χ4v) is 2.12. The van der Waals surface area contributed by atoms with E-state index in [2.05, 4.69) is 18.6 Å². The average Bonchev–Trinajstić information content (AvgIpc) is 2.28. The molecule has 0 aliphatic rings. The third-order valence-electron chi connectivity index (χ3n) is 2.83. The summed E-state index contributed by atoms with van der Waals surface area (Å²) in [4.78, 5) is 0. The van der Waals surface area contributed by atoms with Crippen molar-refractivity contribution in [1.29, 1.82) is 0 Å². The van der Waals surface area contributed by atoms with E-state index in [1.807, 2.05) is 49.4 Å². The maximum Gasteiger partial charge on any atom is 0.0316 e. The van der Waals surface area contributed by atoms with E-state index in [1.54, 1.807) is 0 Å². The minimum atomic E-state index is -0.380. The van der Waals surface area contributed by atoms with Gasteiger partial charge in [-0.25, -0.2) is 0 Å². The summed E-state index contributed by atoms with van der Waals surface area (Å²) in [7, 11) is 0. The number of hydrogen-bond donors (Lipinski definition) is 2. The van der Waals surface area contributed by atoms with Gasteiger partial charge in [-0.15, -0.1) is 0 Å². The predicted octanol–water partition coefficient (Wildman–Crippen LogP) is 2.78. The molecule has 1 radical (unpaired) electrons. The Morgan fingerprint density at radius 1 is 1.06 bits per heavy atom. The van der Waals surface area contributed by atoms with Crippen LogP contribution >= 0.6 is 0 Å². The van der Waals surface area contributed by atoms with Crippen LogP contribution in [0.3, 0.4) is 0 Å². The molecule has 2 nitrogen and oxygen atoms in total. The van der Waals surface area contributed by atoms with Gasteiger partial charge < -0.3 is 11.5 Å². The molecule has 0 saturated carbocycles. The Morgan fingerprint density at radius 2 is 1.78 bits per heavy atom. The van der Waals surface area contributed by atoms with Crippen molar-refractivity contribution >= 4 is 5.69 Å². The van der Waals surface area contributed by atoms with Crippen LogP contribution in [-0.4, -0.2) is 5.54 Å². The quantitative estimate of drug-likeness (QED) is 0.806. The second-order valence-electron chi connectivity index (χ2n) is 4.98. The molecule has 0 saturated heterocycles. The Hall–Kier alpha value is -1.80. The molecule has 4 N–H and O–H groups in total. The molecular weight excluding hydrogens is 220 g/mol. The predicted molar refractivity (Wildman–Crippen MR) is 77.0 cm³/mol. The number of hydrogen-bond acceptors (Lipinski definition) is 2. The number of rotatable bonds is 4. The van der Waals surface area contributed by atoms with E-state index in [0.29, 0.717) is 0 Å². The molecule has 0 aromatic heterocycles. The number of nitrogen functional groups attached to an aromatic ring is 1. The lowest BCUT2D eigenvalue weighted by Crippen LogP contribution is -2.39. The fraction of sp³-hybridized carbons (Fsp3) is 0.188. The molecule has 2 aromatic rings. The van der Waals surface area contributed by atoms with Crippen LogP contribution in [0.15, 0.2) is 54.6 Å². The highest BCUT2D eigenvalue weighted by Crippen LogP contribution is 2.19. The van der Waals surface area contributed by atoms with Crippen LogP contribution in [0.25, 0.3) is 0 Å². The van der Waals surface area contributed by atoms with E-state index >= 15 is 0 Å². The van der Waals surface area contributed by atoms with Crippen molar-refractivity contribution < 1.29 is 0 Å². The fourth-order valence-electron chi connectivity index (χ4n) is 2.12. The summed E-state index contributed by atoms with van der Waals surface area (Å²) in [6, 6.07) is 18.1. The van der Waals surface area contributed by atoms with Crippen molar-refractivity contribution in [3.05, 3.63) is 72.1 Å². The molecule has 0 aliphatic carbocycles. The van der Waals surface area contributed by atoms with Gasteiger partial charge in [0.25, 0.3) is 0 Å². The molecular formula is C16H19N2. The first-order chi connectivity index (χ1) is 8.55. The van der Waals surface area contributed by atoms with Gasteiger partial charge in [0.1, 0.15) is 0 Å². The summed E-state index contributed by atoms with van der Waals surface area (Å²) in [5.41, 5.74) is 14.8. The molecule has 0 aliphatic heterocycles. The van der Waals surface area contributed by atoms with Crippen LogP contribution in [0.1, 0.15) is 18.1 Å². The lowest BCUT2D eigenvalue weighted by Gasteiger charge is -2.24. The molecule has 0 heterocycles. The molecule has 0 bridgehead atoms. The monoisotopic (exact) mass is 239 g/mol. The molecule has 2 aromatic carbocycles. The van der Waals surface area contributed by atoms with Crippen LogP contribution in [0.4, 0.5) is 5.69 Å². The number of benzene rings is 2. The van der Waals surface area contributed by atoms with Gasteiger partial charge >= 0.3 is 0 Å². The molecule has 18 heavy (non-hydrogen) atoms. The van der Waals surface area contributed by atoms with Gasteiger partial charge in [0.05, 0.1) is 0 Å². The molecule has 93 valence electrons. The Labute approximate surface area is 109 Å². The highest BCUT2D eigenvalue weighted by Gasteiger charge is 2.20. The average molecular weight is 239 g/mol. The third-order valence-corrected chi connectivity index (χ3v) is 2.83. The molecule has 2 rings (SSSR count). The first-order valence-corrected chi connectivity index (χ1v) is 6.09. The normalized spacial score (nSPS) is 14.1. The molecule has 1 atom stereocenters. The largest absolute Gasteiger partial charge is 0.399 e. The molecule has 1 unspecified atom stereocenters. The first kappa shape index (κ1) is 12.7. The summed E-state index contributed by atoms with van der Waals surface area (Å²) in [6.45, 7) is 2.03. The zero-order valence-electron chi connectivity index (χ0n) is 10.6. The van der Waals surface area contributed by atoms with Gasteiger partial charge in [0, 0.05) is 17.6 Å². The van der Waals surface area contributed by atoms with Crippen molar-refractivity contribution in [2.45, 2.75) is 18.9 Å². The SMILES string of the molecule is CC(N)([CH]c1cccc(N)c1)Cc1ccccc1. The zero-order chi connectivity index (χ0) is 13.0. The zero-order valence-corrected chi connectivity index (χ0v) is 10.6. The van der Waals surface area contributed by atoms with Crippen LogP contribution in [0.5, 0.6) is 0 Å². The minimum absolute atomic E-state index is 0.380. The second kappa shape index (κ2) is 5.23. The summed E-state index contributed by atoms with van der Waals surface area (Å²) >= 11 is 0. The lowest BCUT2D eigenvalue weighted by atomic mass is 9.87. The van der Waals surface area contributed by atoms with Crippen molar-refractivity contribution in [1.82, 2.24) is 0 Å². The van der Waals surface area contributed by atoms with E-state index in [4.69, 9.17) is 11.5 Å². The third kappa shape index (κ3) is 3.60. The highest BCUT2D eigenvalue weighted by molar-refractivity contribution is 5.44. The highest BCUT2D eigenvalue weighted by atomic mass is 14.7. The van der Waals surface area contributed by atoms with Crippen molar-refractivity contribution in [2.75, 3.05) is 5.73 Å². The standard InChI is InChI=1S/C16H19N2/c1-16(18,11-13-6-3-2-4-7-13)12-14-8-5-9-15(17)10-14/h2-10,12H,11,17-18H2,1H3. The molecule has 0 spiro atoms. The first-order valence-electron chi connectivity index (χ1n) is 6.09. The van der Waals surface area contributed by atoms with Crippen LogP contribution in [0.2, 0.25) is 0 Å². The Kier molecular flexibility index (Phi) is 3.68. The van der Waals surface area contributed by atoms with Crippen molar-refractivity contribution in [3.63, 3.8) is 0 Å². The smallest absolute Gasteiger partial charge is 0.0316 e. The van der Waals surface area contributed by atoms with Gasteiger partial charge in [-0.05, 0) is 36.6 Å². The van der Waals surface area contributed by atoms with Crippen LogP contribution in [-0.2, 0) is 6.42 Å². The van der Waals surface area contributed by atoms with E-state index in [0.717, 1.165) is 17.7 Å². The molecule has 0 amide bonds. The number of anilines is 1. The van der Waals surface area contributed by atoms with E-state index in [-0.39, 0.29) is 5.54 Å². The summed E-state index contributed by atoms with van der Waals surface area (Å²) in [6.07, 6.45) is 2.87. The van der Waals surface area contributed by atoms with Gasteiger partial charge in [-0.1, -0.05) is 42.5 Å². The van der Waals surface area contributed by atoms with E-state index in [1.165, 1.54) is 5.56 Å². The summed E-state index contributed by atoms with van der Waals surface area (Å²) < 4.78 is 0. The van der Waals surface area contributed by atoms with Crippen molar-refractivity contribution in [2.24, 2.45) is 5.73 Å². The van der Waals surface area contributed by atoms with E-state index in [9.17, 15) is 0 Å². The summed E-state index contributed by atoms with van der Waals surface area (Å²) in [5, 5.41) is 0. The Morgan fingerprint density at radius 3 is 2.44 bits per heavy atom. The summed E-state index contributed by atoms with van der Waals surface area (Å²) in [5.74, 6) is 0. The Balaban J connectivity index is 2.07. The van der Waals surface area contributed by atoms with Crippen molar-refractivity contribution in [3.8, 4) is 0 Å². The van der Waals surface area contributed by atoms with Crippen LogP contribution < -0.4 is 11.5 Å². The second-order valence-corrected chi connectivity index (χ2v) is 4.98. The van der Waals surface area contributed by atoms with Crippen LogP contribution in [0, 0.1) is 6.42 Å². The van der Waals surface area contributed by atoms with E-state index < -0.39 is 0 Å². The molecule has 2 heteroatoms. The lowest BCUT2D eigenvalue weighted by molar-refractivity contribution is 0.548. The minimum Gasteiger partial charge on any atom is -0.399 e. The topological polar surface area (TPSA) is 52.0 Å².